The van der Waals surface area contributed by atoms with Crippen LogP contribution in [0.2, 0.25) is 0 Å². The normalized spacial score (nSPS) is 18.1. The summed E-state index contributed by atoms with van der Waals surface area (Å²) in [5.74, 6) is 1.15. The van der Waals surface area contributed by atoms with Gasteiger partial charge in [-0.25, -0.2) is 0 Å². The first kappa shape index (κ1) is 9.53. The second-order valence-corrected chi connectivity index (χ2v) is 4.39. The molecule has 0 aliphatic heterocycles. The van der Waals surface area contributed by atoms with Crippen LogP contribution in [0.15, 0.2) is 18.2 Å². The van der Waals surface area contributed by atoms with Crippen LogP contribution in [0.5, 0.6) is 5.75 Å². The summed E-state index contributed by atoms with van der Waals surface area (Å²) in [6.07, 6.45) is 3.71. The number of hydrogen-bond acceptors (Lipinski definition) is 2. The number of nitrogens with two attached hydrogens (primary N) is 1. The highest BCUT2D eigenvalue weighted by molar-refractivity contribution is 5.34. The minimum Gasteiger partial charge on any atom is -0.508 e. The van der Waals surface area contributed by atoms with Gasteiger partial charge in [0.25, 0.3) is 0 Å². The van der Waals surface area contributed by atoms with Crippen LogP contribution in [0.4, 0.5) is 0 Å². The molecule has 0 radical (unpaired) electrons. The van der Waals surface area contributed by atoms with E-state index in [-0.39, 0.29) is 6.04 Å². The molecule has 1 aliphatic carbocycles. The van der Waals surface area contributed by atoms with Gasteiger partial charge in [-0.05, 0) is 42.5 Å². The zero-order chi connectivity index (χ0) is 10.1. The molecule has 2 rings (SSSR count). The number of benzene rings is 1. The second-order valence-electron chi connectivity index (χ2n) is 4.39. The first-order valence-corrected chi connectivity index (χ1v) is 5.21. The third-order valence-corrected chi connectivity index (χ3v) is 2.80. The van der Waals surface area contributed by atoms with Crippen molar-refractivity contribution < 1.29 is 5.11 Å². The molecule has 1 fully saturated rings. The van der Waals surface area contributed by atoms with E-state index in [1.54, 1.807) is 12.1 Å². The van der Waals surface area contributed by atoms with Gasteiger partial charge in [0.15, 0.2) is 0 Å². The number of rotatable bonds is 3. The van der Waals surface area contributed by atoms with Crippen molar-refractivity contribution in [2.45, 2.75) is 32.2 Å². The van der Waals surface area contributed by atoms with E-state index >= 15 is 0 Å². The van der Waals surface area contributed by atoms with E-state index in [0.29, 0.717) is 5.75 Å². The van der Waals surface area contributed by atoms with Crippen molar-refractivity contribution in [2.75, 3.05) is 0 Å². The fourth-order valence-electron chi connectivity index (χ4n) is 1.85. The Morgan fingerprint density at radius 3 is 2.71 bits per heavy atom. The molecular weight excluding hydrogens is 174 g/mol. The Kier molecular flexibility index (Phi) is 2.46. The van der Waals surface area contributed by atoms with Crippen LogP contribution in [0.25, 0.3) is 0 Å². The second kappa shape index (κ2) is 3.62. The summed E-state index contributed by atoms with van der Waals surface area (Å²) in [5.41, 5.74) is 8.20. The van der Waals surface area contributed by atoms with E-state index in [4.69, 9.17) is 5.73 Å². The van der Waals surface area contributed by atoms with Gasteiger partial charge >= 0.3 is 0 Å². The number of aryl methyl sites for hydroxylation is 1. The quantitative estimate of drug-likeness (QED) is 0.771. The molecule has 3 N–H and O–H groups in total. The fourth-order valence-corrected chi connectivity index (χ4v) is 1.85. The summed E-state index contributed by atoms with van der Waals surface area (Å²) < 4.78 is 0. The molecule has 1 aromatic carbocycles. The first-order chi connectivity index (χ1) is 6.65. The molecule has 2 heteroatoms. The fraction of sp³-hybridized carbons (Fsp3) is 0.500. The van der Waals surface area contributed by atoms with Crippen molar-refractivity contribution in [3.05, 3.63) is 29.3 Å². The van der Waals surface area contributed by atoms with Crippen LogP contribution in [0.3, 0.4) is 0 Å². The molecule has 76 valence electrons. The van der Waals surface area contributed by atoms with Crippen molar-refractivity contribution in [1.82, 2.24) is 0 Å². The maximum atomic E-state index is 9.44. The Morgan fingerprint density at radius 1 is 1.43 bits per heavy atom. The lowest BCUT2D eigenvalue weighted by Gasteiger charge is -2.12. The summed E-state index contributed by atoms with van der Waals surface area (Å²) in [5, 5.41) is 9.44. The van der Waals surface area contributed by atoms with E-state index in [9.17, 15) is 5.11 Å². The van der Waals surface area contributed by atoms with Gasteiger partial charge < -0.3 is 10.8 Å². The van der Waals surface area contributed by atoms with Crippen molar-refractivity contribution >= 4 is 0 Å². The molecule has 0 bridgehead atoms. The van der Waals surface area contributed by atoms with E-state index in [0.717, 1.165) is 23.5 Å². The molecule has 1 saturated carbocycles. The van der Waals surface area contributed by atoms with E-state index < -0.39 is 0 Å². The van der Waals surface area contributed by atoms with E-state index in [2.05, 4.69) is 6.07 Å². The molecule has 1 aliphatic rings. The molecule has 0 amide bonds. The maximum Gasteiger partial charge on any atom is 0.116 e. The molecule has 2 nitrogen and oxygen atoms in total. The Balaban J connectivity index is 2.12. The smallest absolute Gasteiger partial charge is 0.116 e. The highest BCUT2D eigenvalue weighted by Crippen LogP contribution is 2.37. The average Bonchev–Trinajstić information content (AvgIpc) is 2.86. The molecule has 0 spiro atoms. The van der Waals surface area contributed by atoms with E-state index in [1.165, 1.54) is 12.8 Å². The van der Waals surface area contributed by atoms with E-state index in [1.807, 2.05) is 6.92 Å². The van der Waals surface area contributed by atoms with Crippen LogP contribution < -0.4 is 5.73 Å². The molecule has 0 heterocycles. The summed E-state index contributed by atoms with van der Waals surface area (Å²) >= 11 is 0. The molecule has 0 saturated heterocycles. The number of hydrogen-bond donors (Lipinski definition) is 2. The molecule has 0 aromatic heterocycles. The Bertz CT molecular complexity index is 311. The van der Waals surface area contributed by atoms with Gasteiger partial charge in [-0.2, -0.15) is 0 Å². The third kappa shape index (κ3) is 2.26. The SMILES string of the molecule is Cc1cc(O)cc([C@H](N)CC2CC2)c1. The van der Waals surface area contributed by atoms with Gasteiger partial charge in [0.2, 0.25) is 0 Å². The van der Waals surface area contributed by atoms with Crippen molar-refractivity contribution in [2.24, 2.45) is 11.7 Å². The zero-order valence-electron chi connectivity index (χ0n) is 8.53. The van der Waals surface area contributed by atoms with Gasteiger partial charge in [0, 0.05) is 6.04 Å². The van der Waals surface area contributed by atoms with Gasteiger partial charge in [-0.1, -0.05) is 18.9 Å². The molecule has 14 heavy (non-hydrogen) atoms. The minimum atomic E-state index is 0.0910. The van der Waals surface area contributed by atoms with Crippen LogP contribution >= 0.6 is 0 Å². The number of phenolic OH excluding ortho intramolecular Hbond substituents is 1. The lowest BCUT2D eigenvalue weighted by molar-refractivity contribution is 0.472. The summed E-state index contributed by atoms with van der Waals surface area (Å²) in [6.45, 7) is 1.98. The van der Waals surface area contributed by atoms with Gasteiger partial charge in [0.05, 0.1) is 0 Å². The largest absolute Gasteiger partial charge is 0.508 e. The predicted octanol–water partition coefficient (Wildman–Crippen LogP) is 2.50. The third-order valence-electron chi connectivity index (χ3n) is 2.80. The Labute approximate surface area is 84.7 Å². The Morgan fingerprint density at radius 2 is 2.14 bits per heavy atom. The molecule has 1 atom stereocenters. The van der Waals surface area contributed by atoms with Crippen molar-refractivity contribution in [1.29, 1.82) is 0 Å². The molecule has 1 aromatic rings. The van der Waals surface area contributed by atoms with Crippen molar-refractivity contribution in [3.8, 4) is 5.75 Å². The summed E-state index contributed by atoms with van der Waals surface area (Å²) in [4.78, 5) is 0. The van der Waals surface area contributed by atoms with Gasteiger partial charge in [-0.15, -0.1) is 0 Å². The predicted molar refractivity (Wildman–Crippen MR) is 57.1 cm³/mol. The first-order valence-electron chi connectivity index (χ1n) is 5.21. The highest BCUT2D eigenvalue weighted by Gasteiger charge is 2.24. The van der Waals surface area contributed by atoms with Crippen molar-refractivity contribution in [3.63, 3.8) is 0 Å². The number of aromatic hydroxyl groups is 1. The summed E-state index contributed by atoms with van der Waals surface area (Å²) in [7, 11) is 0. The maximum absolute atomic E-state index is 9.44. The lowest BCUT2D eigenvalue weighted by Crippen LogP contribution is -2.11. The minimum absolute atomic E-state index is 0.0910. The van der Waals surface area contributed by atoms with Crippen LogP contribution in [-0.2, 0) is 0 Å². The molecular formula is C12H17NO. The highest BCUT2D eigenvalue weighted by atomic mass is 16.3. The zero-order valence-corrected chi connectivity index (χ0v) is 8.53. The topological polar surface area (TPSA) is 46.2 Å². The van der Waals surface area contributed by atoms with Gasteiger partial charge in [0.1, 0.15) is 5.75 Å². The van der Waals surface area contributed by atoms with Crippen LogP contribution in [0, 0.1) is 12.8 Å². The monoisotopic (exact) mass is 191 g/mol. The van der Waals surface area contributed by atoms with Crippen LogP contribution in [-0.4, -0.2) is 5.11 Å². The summed E-state index contributed by atoms with van der Waals surface area (Å²) in [6, 6.07) is 5.69. The van der Waals surface area contributed by atoms with Crippen LogP contribution in [0.1, 0.15) is 36.4 Å². The van der Waals surface area contributed by atoms with Gasteiger partial charge in [-0.3, -0.25) is 0 Å². The lowest BCUT2D eigenvalue weighted by atomic mass is 10.00. The standard InChI is InChI=1S/C12H17NO/c1-8-4-10(7-11(14)5-8)12(13)6-9-2-3-9/h4-5,7,9,12,14H,2-3,6,13H2,1H3/t12-/m1/s1. The average molecular weight is 191 g/mol. The Hall–Kier alpha value is -1.02. The molecule has 0 unspecified atom stereocenters. The number of phenols is 1.